The number of hydrogen-bond donors (Lipinski definition) is 0. The van der Waals surface area contributed by atoms with Crippen LogP contribution in [0.2, 0.25) is 0 Å². The molecule has 1 aromatic carbocycles. The summed E-state index contributed by atoms with van der Waals surface area (Å²) < 4.78 is 18.6. The van der Waals surface area contributed by atoms with E-state index in [1.165, 1.54) is 25.0 Å². The molecule has 0 aromatic heterocycles. The molecule has 1 aromatic rings. The fraction of sp³-hybridized carbons (Fsp3) is 0.632. The van der Waals surface area contributed by atoms with Gasteiger partial charge in [0.25, 0.3) is 5.91 Å². The molecule has 3 rings (SSSR count). The van der Waals surface area contributed by atoms with Gasteiger partial charge in [-0.3, -0.25) is 9.69 Å². The third kappa shape index (κ3) is 3.33. The Balaban J connectivity index is 1.59. The molecular formula is C19H27FN2O2. The maximum Gasteiger partial charge on any atom is 0.253 e. The topological polar surface area (TPSA) is 32.8 Å². The summed E-state index contributed by atoms with van der Waals surface area (Å²) in [5.41, 5.74) is 0.780. The van der Waals surface area contributed by atoms with Crippen molar-refractivity contribution in [1.82, 2.24) is 9.80 Å². The maximum absolute atomic E-state index is 13.0. The Morgan fingerprint density at radius 2 is 1.92 bits per heavy atom. The number of likely N-dealkylation sites (N-methyl/N-ethyl adjacent to an activating group) is 1. The highest BCUT2D eigenvalue weighted by atomic mass is 19.1. The zero-order chi connectivity index (χ0) is 17.2. The van der Waals surface area contributed by atoms with Gasteiger partial charge in [-0.25, -0.2) is 4.39 Å². The molecule has 1 unspecified atom stereocenters. The first kappa shape index (κ1) is 17.4. The Morgan fingerprint density at radius 3 is 2.54 bits per heavy atom. The van der Waals surface area contributed by atoms with Crippen LogP contribution in [-0.2, 0) is 4.74 Å². The minimum atomic E-state index is -0.308. The summed E-state index contributed by atoms with van der Waals surface area (Å²) in [6, 6.07) is 6.33. The summed E-state index contributed by atoms with van der Waals surface area (Å²) in [6.45, 7) is 5.12. The maximum atomic E-state index is 13.0. The van der Waals surface area contributed by atoms with E-state index >= 15 is 0 Å². The van der Waals surface area contributed by atoms with Crippen LogP contribution in [0.5, 0.6) is 0 Å². The lowest BCUT2D eigenvalue weighted by Crippen LogP contribution is -2.54. The molecule has 2 fully saturated rings. The zero-order valence-corrected chi connectivity index (χ0v) is 14.6. The largest absolute Gasteiger partial charge is 0.380 e. The van der Waals surface area contributed by atoms with Crippen LogP contribution < -0.4 is 0 Å². The zero-order valence-electron chi connectivity index (χ0n) is 14.6. The van der Waals surface area contributed by atoms with E-state index in [9.17, 15) is 9.18 Å². The highest BCUT2D eigenvalue weighted by molar-refractivity contribution is 5.94. The quantitative estimate of drug-likeness (QED) is 0.849. The predicted molar refractivity (Wildman–Crippen MR) is 91.5 cm³/mol. The molecule has 5 heteroatoms. The van der Waals surface area contributed by atoms with Crippen LogP contribution in [0.15, 0.2) is 24.3 Å². The smallest absolute Gasteiger partial charge is 0.253 e. The first-order valence-corrected chi connectivity index (χ1v) is 8.91. The van der Waals surface area contributed by atoms with E-state index in [2.05, 4.69) is 11.9 Å². The fourth-order valence-electron chi connectivity index (χ4n) is 4.15. The second-order valence-corrected chi connectivity index (χ2v) is 6.99. The molecule has 1 atom stereocenters. The average molecular weight is 334 g/mol. The Labute approximate surface area is 143 Å². The molecule has 24 heavy (non-hydrogen) atoms. The van der Waals surface area contributed by atoms with Crippen molar-refractivity contribution in [2.75, 3.05) is 33.4 Å². The summed E-state index contributed by atoms with van der Waals surface area (Å²) in [5.74, 6) is -0.298. The lowest BCUT2D eigenvalue weighted by Gasteiger charge is -2.45. The lowest BCUT2D eigenvalue weighted by atomic mass is 9.85. The van der Waals surface area contributed by atoms with E-state index in [1.54, 1.807) is 12.1 Å². The normalized spacial score (nSPS) is 23.8. The number of benzene rings is 1. The molecule has 0 N–H and O–H groups in total. The van der Waals surface area contributed by atoms with E-state index in [0.717, 1.165) is 39.1 Å². The minimum Gasteiger partial charge on any atom is -0.380 e. The number of ether oxygens (including phenoxy) is 1. The fourth-order valence-corrected chi connectivity index (χ4v) is 4.15. The molecular weight excluding hydrogens is 307 g/mol. The minimum absolute atomic E-state index is 0.0105. The Bertz CT molecular complexity index is 567. The lowest BCUT2D eigenvalue weighted by molar-refractivity contribution is 0.0211. The summed E-state index contributed by atoms with van der Waals surface area (Å²) in [6.07, 6.45) is 4.35. The number of carbonyl (C=O) groups excluding carboxylic acids is 1. The molecule has 0 saturated carbocycles. The first-order chi connectivity index (χ1) is 11.6. The van der Waals surface area contributed by atoms with Crippen molar-refractivity contribution < 1.29 is 13.9 Å². The van der Waals surface area contributed by atoms with Crippen molar-refractivity contribution in [3.63, 3.8) is 0 Å². The number of piperidine rings is 1. The molecule has 1 spiro atoms. The standard InChI is InChI=1S/C19H27FN2O2/c1-3-24-14-17-8-9-19(21(17)2)10-12-22(13-11-19)18(23)15-4-6-16(20)7-5-15/h4-7,17H,3,8-14H2,1-2H3. The van der Waals surface area contributed by atoms with Gasteiger partial charge in [-0.05, 0) is 63.9 Å². The van der Waals surface area contributed by atoms with Crippen LogP contribution in [0.1, 0.15) is 43.0 Å². The molecule has 0 aliphatic carbocycles. The second-order valence-electron chi connectivity index (χ2n) is 6.99. The van der Waals surface area contributed by atoms with E-state index in [1.807, 2.05) is 11.8 Å². The van der Waals surface area contributed by atoms with Gasteiger partial charge >= 0.3 is 0 Å². The van der Waals surface area contributed by atoms with Gasteiger partial charge < -0.3 is 9.64 Å². The van der Waals surface area contributed by atoms with Crippen LogP contribution in [0.4, 0.5) is 4.39 Å². The molecule has 2 heterocycles. The third-order valence-corrected chi connectivity index (χ3v) is 5.83. The van der Waals surface area contributed by atoms with Crippen LogP contribution in [0.3, 0.4) is 0 Å². The number of hydrogen-bond acceptors (Lipinski definition) is 3. The Hall–Kier alpha value is -1.46. The van der Waals surface area contributed by atoms with Gasteiger partial charge in [0.05, 0.1) is 6.61 Å². The number of halogens is 1. The number of amides is 1. The van der Waals surface area contributed by atoms with Crippen LogP contribution in [-0.4, -0.2) is 60.6 Å². The van der Waals surface area contributed by atoms with Crippen molar-refractivity contribution in [3.05, 3.63) is 35.6 Å². The Kier molecular flexibility index (Phi) is 5.21. The number of rotatable bonds is 4. The van der Waals surface area contributed by atoms with Gasteiger partial charge in [-0.2, -0.15) is 0 Å². The van der Waals surface area contributed by atoms with Crippen LogP contribution >= 0.6 is 0 Å². The highest BCUT2D eigenvalue weighted by Crippen LogP contribution is 2.40. The summed E-state index contributed by atoms with van der Waals surface area (Å²) in [4.78, 5) is 17.0. The van der Waals surface area contributed by atoms with Crippen molar-refractivity contribution >= 4 is 5.91 Å². The first-order valence-electron chi connectivity index (χ1n) is 8.91. The summed E-state index contributed by atoms with van der Waals surface area (Å²) in [7, 11) is 2.20. The van der Waals surface area contributed by atoms with Gasteiger partial charge in [0.1, 0.15) is 5.82 Å². The van der Waals surface area contributed by atoms with Crippen LogP contribution in [0, 0.1) is 5.82 Å². The van der Waals surface area contributed by atoms with Crippen molar-refractivity contribution in [1.29, 1.82) is 0 Å². The average Bonchev–Trinajstić information content (AvgIpc) is 2.90. The Morgan fingerprint density at radius 1 is 1.25 bits per heavy atom. The van der Waals surface area contributed by atoms with Gasteiger partial charge in [0.2, 0.25) is 0 Å². The molecule has 0 radical (unpaired) electrons. The second kappa shape index (κ2) is 7.19. The van der Waals surface area contributed by atoms with Gasteiger partial charge in [-0.1, -0.05) is 0 Å². The molecule has 132 valence electrons. The number of nitrogens with zero attached hydrogens (tertiary/aromatic N) is 2. The molecule has 2 saturated heterocycles. The van der Waals surface area contributed by atoms with Crippen molar-refractivity contribution in [3.8, 4) is 0 Å². The molecule has 1 amide bonds. The van der Waals surface area contributed by atoms with Gasteiger partial charge in [0, 0.05) is 36.8 Å². The monoisotopic (exact) mass is 334 g/mol. The molecule has 2 aliphatic rings. The van der Waals surface area contributed by atoms with E-state index in [0.29, 0.717) is 11.6 Å². The molecule has 2 aliphatic heterocycles. The van der Waals surface area contributed by atoms with E-state index in [-0.39, 0.29) is 17.3 Å². The van der Waals surface area contributed by atoms with E-state index in [4.69, 9.17) is 4.74 Å². The SMILES string of the molecule is CCOCC1CCC2(CCN(C(=O)c3ccc(F)cc3)CC2)N1C. The van der Waals surface area contributed by atoms with E-state index < -0.39 is 0 Å². The van der Waals surface area contributed by atoms with Gasteiger partial charge in [-0.15, -0.1) is 0 Å². The summed E-state index contributed by atoms with van der Waals surface area (Å²) >= 11 is 0. The highest BCUT2D eigenvalue weighted by Gasteiger charge is 2.46. The third-order valence-electron chi connectivity index (χ3n) is 5.83. The van der Waals surface area contributed by atoms with Crippen molar-refractivity contribution in [2.24, 2.45) is 0 Å². The molecule has 0 bridgehead atoms. The summed E-state index contributed by atoms with van der Waals surface area (Å²) in [5, 5.41) is 0. The van der Waals surface area contributed by atoms with Crippen molar-refractivity contribution in [2.45, 2.75) is 44.2 Å². The molecule has 4 nitrogen and oxygen atoms in total. The van der Waals surface area contributed by atoms with Crippen LogP contribution in [0.25, 0.3) is 0 Å². The van der Waals surface area contributed by atoms with Gasteiger partial charge in [0.15, 0.2) is 0 Å². The number of likely N-dealkylation sites (tertiary alicyclic amines) is 2. The predicted octanol–water partition coefficient (Wildman–Crippen LogP) is 2.93. The number of carbonyl (C=O) groups is 1.